The molecule has 2 rings (SSSR count). The van der Waals surface area contributed by atoms with Crippen LogP contribution in [0.3, 0.4) is 0 Å². The largest absolute Gasteiger partial charge is 0.795 e. The minimum Gasteiger partial charge on any atom is -0.795 e. The van der Waals surface area contributed by atoms with Crippen molar-refractivity contribution in [3.63, 3.8) is 0 Å². The van der Waals surface area contributed by atoms with Gasteiger partial charge in [0.15, 0.2) is 0 Å². The fourth-order valence-corrected chi connectivity index (χ4v) is 4.47. The lowest BCUT2D eigenvalue weighted by atomic mass is 10.1. The van der Waals surface area contributed by atoms with Gasteiger partial charge in [0.1, 0.15) is 6.29 Å². The van der Waals surface area contributed by atoms with E-state index >= 15 is 0 Å². The third-order valence-corrected chi connectivity index (χ3v) is 5.67. The second kappa shape index (κ2) is 4.33. The third-order valence-electron chi connectivity index (χ3n) is 3.12. The van der Waals surface area contributed by atoms with Crippen LogP contribution in [0.4, 0.5) is 0 Å². The van der Waals surface area contributed by atoms with E-state index in [4.69, 9.17) is 0 Å². The number of nitrogens with one attached hydrogen (secondary N) is 1. The van der Waals surface area contributed by atoms with Crippen LogP contribution in [0.1, 0.15) is 11.1 Å². The lowest BCUT2D eigenvalue weighted by molar-refractivity contribution is -0.847. The molecule has 0 heterocycles. The summed E-state index contributed by atoms with van der Waals surface area (Å²) in [5, 5.41) is 0. The normalized spacial score (nSPS) is 19.8. The Kier molecular flexibility index (Phi) is 3.20. The van der Waals surface area contributed by atoms with Crippen molar-refractivity contribution in [3.05, 3.63) is 35.4 Å². The summed E-state index contributed by atoms with van der Waals surface area (Å²) < 4.78 is 12.1. The summed E-state index contributed by atoms with van der Waals surface area (Å²) in [6.45, 7) is 0. The van der Waals surface area contributed by atoms with Gasteiger partial charge in [-0.05, 0) is 24.0 Å². The van der Waals surface area contributed by atoms with Gasteiger partial charge < -0.3 is 14.4 Å². The highest BCUT2D eigenvalue weighted by molar-refractivity contribution is 7.57. The average molecular weight is 239 g/mol. The minimum atomic E-state index is -3.27. The van der Waals surface area contributed by atoms with E-state index in [1.165, 1.54) is 11.1 Å². The molecule has 16 heavy (non-hydrogen) atoms. The van der Waals surface area contributed by atoms with Gasteiger partial charge in [0, 0.05) is 5.66 Å². The van der Waals surface area contributed by atoms with Gasteiger partial charge in [0.25, 0.3) is 0 Å². The lowest BCUT2D eigenvalue weighted by Gasteiger charge is -2.30. The maximum atomic E-state index is 12.1. The molecule has 0 bridgehead atoms. The molecule has 1 aliphatic carbocycles. The molecule has 1 aromatic carbocycles. The molecule has 1 atom stereocenters. The fraction of sp³-hybridized carbons (Fsp3) is 0.500. The van der Waals surface area contributed by atoms with Gasteiger partial charge in [-0.25, -0.2) is 0 Å². The molecule has 4 heteroatoms. The highest BCUT2D eigenvalue weighted by Gasteiger charge is 2.30. The van der Waals surface area contributed by atoms with Crippen molar-refractivity contribution in [1.82, 2.24) is 0 Å². The average Bonchev–Trinajstić information content (AvgIpc) is 2.59. The topological polar surface area (TPSA) is 44.6 Å². The quantitative estimate of drug-likeness (QED) is 0.748. The van der Waals surface area contributed by atoms with Crippen LogP contribution in [-0.2, 0) is 17.4 Å². The third kappa shape index (κ3) is 2.37. The molecule has 0 fully saturated rings. The molecule has 0 spiro atoms. The van der Waals surface area contributed by atoms with Gasteiger partial charge in [-0.15, -0.1) is 0 Å². The minimum absolute atomic E-state index is 0.181. The van der Waals surface area contributed by atoms with Crippen molar-refractivity contribution < 1.29 is 14.4 Å². The standard InChI is InChI=1S/C12H18NO2P/c1-13(2)9-16(14,15)12-7-10-5-3-4-6-11(10)8-12/h3-6,12H,7-9H2,1-2H3,(H,14,15). The monoisotopic (exact) mass is 239 g/mol. The Labute approximate surface area is 96.5 Å². The number of quaternary nitrogens is 1. The Morgan fingerprint density at radius 3 is 2.25 bits per heavy atom. The molecule has 1 N–H and O–H groups in total. The highest BCUT2D eigenvalue weighted by atomic mass is 31.2. The van der Waals surface area contributed by atoms with E-state index in [9.17, 15) is 9.46 Å². The first-order valence-corrected chi connectivity index (χ1v) is 7.52. The smallest absolute Gasteiger partial charge is 0.116 e. The first kappa shape index (κ1) is 11.8. The van der Waals surface area contributed by atoms with Gasteiger partial charge >= 0.3 is 0 Å². The van der Waals surface area contributed by atoms with Crippen LogP contribution in [0.15, 0.2) is 24.3 Å². The van der Waals surface area contributed by atoms with E-state index in [2.05, 4.69) is 0 Å². The number of fused-ring (bicyclic) bond motifs is 1. The van der Waals surface area contributed by atoms with Crippen molar-refractivity contribution in [2.75, 3.05) is 20.4 Å². The molecule has 0 radical (unpaired) electrons. The Hall–Kier alpha value is -0.630. The Morgan fingerprint density at radius 2 is 1.81 bits per heavy atom. The van der Waals surface area contributed by atoms with E-state index in [0.29, 0.717) is 12.8 Å². The van der Waals surface area contributed by atoms with Crippen molar-refractivity contribution >= 4 is 7.37 Å². The van der Waals surface area contributed by atoms with E-state index in [0.717, 1.165) is 4.90 Å². The molecule has 1 aliphatic rings. The maximum absolute atomic E-state index is 12.1. The van der Waals surface area contributed by atoms with Crippen LogP contribution in [-0.4, -0.2) is 26.0 Å². The van der Waals surface area contributed by atoms with Crippen LogP contribution in [0, 0.1) is 0 Å². The van der Waals surface area contributed by atoms with E-state index in [-0.39, 0.29) is 11.9 Å². The molecule has 1 aromatic rings. The second-order valence-corrected chi connectivity index (χ2v) is 7.42. The molecule has 0 saturated carbocycles. The summed E-state index contributed by atoms with van der Waals surface area (Å²) in [5.41, 5.74) is 2.23. The molecule has 88 valence electrons. The predicted molar refractivity (Wildman–Crippen MR) is 62.9 cm³/mol. The summed E-state index contributed by atoms with van der Waals surface area (Å²) in [7, 11) is 0.497. The number of rotatable bonds is 3. The predicted octanol–water partition coefficient (Wildman–Crippen LogP) is -0.106. The maximum Gasteiger partial charge on any atom is 0.116 e. The number of hydrogen-bond acceptors (Lipinski definition) is 2. The van der Waals surface area contributed by atoms with E-state index in [1.807, 2.05) is 38.4 Å². The van der Waals surface area contributed by atoms with Gasteiger partial charge in [-0.3, -0.25) is 0 Å². The number of hydrogen-bond donors (Lipinski definition) is 1. The zero-order valence-corrected chi connectivity index (χ0v) is 10.7. The second-order valence-electron chi connectivity index (χ2n) is 4.92. The molecular weight excluding hydrogens is 221 g/mol. The Bertz CT molecular complexity index is 406. The van der Waals surface area contributed by atoms with Crippen molar-refractivity contribution in [2.45, 2.75) is 18.5 Å². The molecule has 3 nitrogen and oxygen atoms in total. The van der Waals surface area contributed by atoms with Crippen LogP contribution in [0.25, 0.3) is 0 Å². The van der Waals surface area contributed by atoms with Crippen molar-refractivity contribution in [1.29, 1.82) is 0 Å². The van der Waals surface area contributed by atoms with Crippen LogP contribution in [0.2, 0.25) is 0 Å². The lowest BCUT2D eigenvalue weighted by Crippen LogP contribution is -3.05. The van der Waals surface area contributed by atoms with Crippen molar-refractivity contribution in [2.24, 2.45) is 0 Å². The first-order valence-electron chi connectivity index (χ1n) is 5.64. The molecule has 1 unspecified atom stereocenters. The van der Waals surface area contributed by atoms with E-state index < -0.39 is 7.37 Å². The summed E-state index contributed by atoms with van der Waals surface area (Å²) in [4.78, 5) is 13.1. The molecule has 0 aromatic heterocycles. The Balaban J connectivity index is 2.14. The highest BCUT2D eigenvalue weighted by Crippen LogP contribution is 2.46. The summed E-state index contributed by atoms with van der Waals surface area (Å²) >= 11 is 0. The summed E-state index contributed by atoms with van der Waals surface area (Å²) in [5.74, 6) is 0. The van der Waals surface area contributed by atoms with Crippen LogP contribution < -0.4 is 9.79 Å². The SMILES string of the molecule is C[NH+](C)CP(=O)([O-])C1Cc2ccccc2C1. The molecular formula is C12H18NO2P. The first-order chi connectivity index (χ1) is 7.49. The van der Waals surface area contributed by atoms with Crippen molar-refractivity contribution in [3.8, 4) is 0 Å². The summed E-state index contributed by atoms with van der Waals surface area (Å²) in [6, 6.07) is 8.04. The molecule has 0 saturated heterocycles. The van der Waals surface area contributed by atoms with Crippen LogP contribution in [0.5, 0.6) is 0 Å². The van der Waals surface area contributed by atoms with Gasteiger partial charge in [0.05, 0.1) is 21.5 Å². The summed E-state index contributed by atoms with van der Waals surface area (Å²) in [6.07, 6.45) is 1.65. The zero-order valence-electron chi connectivity index (χ0n) is 9.77. The fourth-order valence-electron chi connectivity index (χ4n) is 2.38. The van der Waals surface area contributed by atoms with E-state index in [1.54, 1.807) is 0 Å². The zero-order chi connectivity index (χ0) is 11.8. The van der Waals surface area contributed by atoms with Gasteiger partial charge in [-0.2, -0.15) is 0 Å². The molecule has 0 amide bonds. The number of benzene rings is 1. The van der Waals surface area contributed by atoms with Crippen LogP contribution >= 0.6 is 7.37 Å². The van der Waals surface area contributed by atoms with Gasteiger partial charge in [0.2, 0.25) is 0 Å². The molecule has 0 aliphatic heterocycles. The Morgan fingerprint density at radius 1 is 1.31 bits per heavy atom. The van der Waals surface area contributed by atoms with Gasteiger partial charge in [-0.1, -0.05) is 24.3 Å².